The van der Waals surface area contributed by atoms with Crippen LogP contribution in [0.5, 0.6) is 5.75 Å². The summed E-state index contributed by atoms with van der Waals surface area (Å²) >= 11 is 0. The van der Waals surface area contributed by atoms with Crippen molar-refractivity contribution in [1.82, 2.24) is 15.4 Å². The molecule has 1 fully saturated rings. The second-order valence-corrected chi connectivity index (χ2v) is 6.55. The third-order valence-corrected chi connectivity index (χ3v) is 4.84. The number of methoxy groups -OCH3 is 2. The Morgan fingerprint density at radius 2 is 1.83 bits per heavy atom. The van der Waals surface area contributed by atoms with Crippen LogP contribution in [0.3, 0.4) is 0 Å². The number of nitrogen functional groups attached to an aromatic ring is 1. The Morgan fingerprint density at radius 3 is 2.45 bits per heavy atom. The van der Waals surface area contributed by atoms with Crippen LogP contribution in [-0.2, 0) is 9.53 Å². The van der Waals surface area contributed by atoms with E-state index in [-0.39, 0.29) is 17.8 Å². The van der Waals surface area contributed by atoms with Gasteiger partial charge in [-0.3, -0.25) is 20.4 Å². The normalized spacial score (nSPS) is 14.2. The molecule has 0 saturated carbocycles. The molecule has 1 aliphatic rings. The van der Waals surface area contributed by atoms with E-state index in [2.05, 4.69) is 20.8 Å². The first-order valence-corrected chi connectivity index (χ1v) is 9.17. The molecule has 1 amide bonds. The summed E-state index contributed by atoms with van der Waals surface area (Å²) in [7, 11) is 2.96. The van der Waals surface area contributed by atoms with Gasteiger partial charge in [0.15, 0.2) is 11.6 Å². The summed E-state index contributed by atoms with van der Waals surface area (Å²) < 4.78 is 9.89. The van der Waals surface area contributed by atoms with Gasteiger partial charge < -0.3 is 20.1 Å². The van der Waals surface area contributed by atoms with Gasteiger partial charge in [0.1, 0.15) is 17.8 Å². The van der Waals surface area contributed by atoms with E-state index in [1.54, 1.807) is 31.4 Å². The highest BCUT2D eigenvalue weighted by Gasteiger charge is 2.27. The highest BCUT2D eigenvalue weighted by molar-refractivity contribution is 5.95. The minimum atomic E-state index is -0.342. The van der Waals surface area contributed by atoms with Gasteiger partial charge in [-0.25, -0.2) is 9.97 Å². The van der Waals surface area contributed by atoms with Crippen LogP contribution in [0.4, 0.5) is 17.3 Å². The molecule has 2 aromatic rings. The predicted molar refractivity (Wildman–Crippen MR) is 107 cm³/mol. The van der Waals surface area contributed by atoms with Gasteiger partial charge in [0.05, 0.1) is 20.1 Å². The summed E-state index contributed by atoms with van der Waals surface area (Å²) in [5.74, 6) is 0.877. The molecule has 10 heteroatoms. The highest BCUT2D eigenvalue weighted by Crippen LogP contribution is 2.29. The van der Waals surface area contributed by atoms with Crippen LogP contribution < -0.4 is 26.2 Å². The fourth-order valence-electron chi connectivity index (χ4n) is 3.16. The van der Waals surface area contributed by atoms with E-state index in [9.17, 15) is 9.59 Å². The molecule has 4 N–H and O–H groups in total. The molecule has 154 valence electrons. The van der Waals surface area contributed by atoms with Crippen LogP contribution in [0, 0.1) is 5.92 Å². The maximum atomic E-state index is 12.3. The maximum Gasteiger partial charge on any atom is 0.308 e. The third-order valence-electron chi connectivity index (χ3n) is 4.84. The number of benzene rings is 1. The number of nitrogens with zero attached hydrogens (tertiary/aromatic N) is 3. The molecule has 0 aliphatic carbocycles. The lowest BCUT2D eigenvalue weighted by Crippen LogP contribution is -2.38. The summed E-state index contributed by atoms with van der Waals surface area (Å²) in [6.07, 6.45) is 2.69. The second-order valence-electron chi connectivity index (χ2n) is 6.55. The van der Waals surface area contributed by atoms with Crippen LogP contribution in [0.2, 0.25) is 0 Å². The van der Waals surface area contributed by atoms with Gasteiger partial charge in [0.25, 0.3) is 5.91 Å². The van der Waals surface area contributed by atoms with Crippen LogP contribution in [0.1, 0.15) is 23.2 Å². The number of esters is 1. The van der Waals surface area contributed by atoms with E-state index >= 15 is 0 Å². The number of hydrogen-bond donors (Lipinski definition) is 3. The number of carbonyl (C=O) groups is 2. The molecular formula is C19H24N6O4. The zero-order valence-corrected chi connectivity index (χ0v) is 16.3. The van der Waals surface area contributed by atoms with Crippen molar-refractivity contribution in [2.45, 2.75) is 12.8 Å². The monoisotopic (exact) mass is 400 g/mol. The standard InChI is InChI=1S/C19H24N6O4/c1-28-14-5-3-12(4-6-14)18(26)24-23-16-15(20)17(22-11-21-16)25-9-7-13(8-10-25)19(27)29-2/h3-6,11,13H,7-10,20H2,1-2H3,(H,24,26)(H,21,22,23). The minimum absolute atomic E-state index is 0.110. The quantitative estimate of drug-likeness (QED) is 0.483. The lowest BCUT2D eigenvalue weighted by molar-refractivity contribution is -0.146. The number of nitrogens with two attached hydrogens (primary N) is 1. The molecule has 1 saturated heterocycles. The molecule has 3 rings (SSSR count). The van der Waals surface area contributed by atoms with Gasteiger partial charge in [-0.05, 0) is 37.1 Å². The first-order valence-electron chi connectivity index (χ1n) is 9.17. The van der Waals surface area contributed by atoms with Crippen molar-refractivity contribution in [2.75, 3.05) is 43.4 Å². The van der Waals surface area contributed by atoms with Gasteiger partial charge in [0, 0.05) is 18.7 Å². The Bertz CT molecular complexity index is 866. The Hall–Kier alpha value is -3.56. The number of ether oxygens (including phenoxy) is 2. The van der Waals surface area contributed by atoms with Crippen molar-refractivity contribution in [2.24, 2.45) is 5.92 Å². The number of anilines is 3. The lowest BCUT2D eigenvalue weighted by atomic mass is 9.97. The van der Waals surface area contributed by atoms with Gasteiger partial charge in [-0.1, -0.05) is 0 Å². The van der Waals surface area contributed by atoms with E-state index in [4.69, 9.17) is 15.2 Å². The maximum absolute atomic E-state index is 12.3. The molecular weight excluding hydrogens is 376 g/mol. The number of piperidine rings is 1. The second kappa shape index (κ2) is 9.09. The molecule has 0 spiro atoms. The van der Waals surface area contributed by atoms with E-state index in [0.717, 1.165) is 0 Å². The average molecular weight is 400 g/mol. The van der Waals surface area contributed by atoms with Gasteiger partial charge in [-0.15, -0.1) is 0 Å². The van der Waals surface area contributed by atoms with Crippen molar-refractivity contribution >= 4 is 29.2 Å². The number of aromatic nitrogens is 2. The minimum Gasteiger partial charge on any atom is -0.497 e. The Balaban J connectivity index is 1.63. The number of nitrogens with one attached hydrogen (secondary N) is 2. The summed E-state index contributed by atoms with van der Waals surface area (Å²) in [6.45, 7) is 1.25. The summed E-state index contributed by atoms with van der Waals surface area (Å²) in [4.78, 5) is 34.3. The number of amides is 1. The van der Waals surface area contributed by atoms with Crippen molar-refractivity contribution in [1.29, 1.82) is 0 Å². The van der Waals surface area contributed by atoms with E-state index in [1.807, 2.05) is 4.90 Å². The molecule has 0 radical (unpaired) electrons. The molecule has 1 aromatic carbocycles. The van der Waals surface area contributed by atoms with Crippen molar-refractivity contribution in [3.63, 3.8) is 0 Å². The van der Waals surface area contributed by atoms with Crippen LogP contribution in [0.25, 0.3) is 0 Å². The number of hydrazine groups is 1. The predicted octanol–water partition coefficient (Wildman–Crippen LogP) is 1.21. The van der Waals surface area contributed by atoms with Crippen LogP contribution in [0.15, 0.2) is 30.6 Å². The molecule has 0 atom stereocenters. The molecule has 2 heterocycles. The fourth-order valence-corrected chi connectivity index (χ4v) is 3.16. The molecule has 10 nitrogen and oxygen atoms in total. The number of carbonyl (C=O) groups excluding carboxylic acids is 2. The van der Waals surface area contributed by atoms with E-state index in [1.165, 1.54) is 13.4 Å². The average Bonchev–Trinajstić information content (AvgIpc) is 2.78. The molecule has 1 aliphatic heterocycles. The first-order chi connectivity index (χ1) is 14.0. The van der Waals surface area contributed by atoms with E-state index in [0.29, 0.717) is 54.6 Å². The summed E-state index contributed by atoms with van der Waals surface area (Å²) in [5, 5.41) is 0. The van der Waals surface area contributed by atoms with E-state index < -0.39 is 0 Å². The smallest absolute Gasteiger partial charge is 0.308 e. The first kappa shape index (κ1) is 20.2. The molecule has 0 bridgehead atoms. The third kappa shape index (κ3) is 4.65. The van der Waals surface area contributed by atoms with Crippen LogP contribution in [-0.4, -0.2) is 49.2 Å². The number of hydrogen-bond acceptors (Lipinski definition) is 9. The van der Waals surface area contributed by atoms with Gasteiger partial charge in [-0.2, -0.15) is 0 Å². The highest BCUT2D eigenvalue weighted by atomic mass is 16.5. The van der Waals surface area contributed by atoms with Crippen molar-refractivity contribution in [3.05, 3.63) is 36.2 Å². The zero-order valence-electron chi connectivity index (χ0n) is 16.3. The fraction of sp³-hybridized carbons (Fsp3) is 0.368. The summed E-state index contributed by atoms with van der Waals surface area (Å²) in [5.41, 5.74) is 12.3. The Labute approximate surface area is 168 Å². The molecule has 1 aromatic heterocycles. The van der Waals surface area contributed by atoms with Crippen molar-refractivity contribution in [3.8, 4) is 5.75 Å². The van der Waals surface area contributed by atoms with Crippen LogP contribution >= 0.6 is 0 Å². The zero-order chi connectivity index (χ0) is 20.8. The lowest BCUT2D eigenvalue weighted by Gasteiger charge is -2.32. The van der Waals surface area contributed by atoms with Gasteiger partial charge >= 0.3 is 5.97 Å². The molecule has 29 heavy (non-hydrogen) atoms. The van der Waals surface area contributed by atoms with Crippen molar-refractivity contribution < 1.29 is 19.1 Å². The topological polar surface area (TPSA) is 132 Å². The van der Waals surface area contributed by atoms with Gasteiger partial charge in [0.2, 0.25) is 0 Å². The Kier molecular flexibility index (Phi) is 6.32. The number of rotatable bonds is 6. The SMILES string of the molecule is COC(=O)C1CCN(c2ncnc(NNC(=O)c3ccc(OC)cc3)c2N)CC1. The Morgan fingerprint density at radius 1 is 1.14 bits per heavy atom. The largest absolute Gasteiger partial charge is 0.497 e. The summed E-state index contributed by atoms with van der Waals surface area (Å²) in [6, 6.07) is 6.69. The molecule has 0 unspecified atom stereocenters.